The summed E-state index contributed by atoms with van der Waals surface area (Å²) in [6, 6.07) is 6.45. The zero-order valence-corrected chi connectivity index (χ0v) is 9.51. The smallest absolute Gasteiger partial charge is 0.0471 e. The van der Waals surface area contributed by atoms with Crippen molar-refractivity contribution >= 4 is 5.69 Å². The van der Waals surface area contributed by atoms with Crippen molar-refractivity contribution in [3.8, 4) is 0 Å². The predicted octanol–water partition coefficient (Wildman–Crippen LogP) is 2.22. The molecule has 1 aliphatic rings. The van der Waals surface area contributed by atoms with Crippen molar-refractivity contribution in [2.45, 2.75) is 26.7 Å². The van der Waals surface area contributed by atoms with Gasteiger partial charge in [0.2, 0.25) is 0 Å². The molecule has 0 atom stereocenters. The molecule has 1 aliphatic heterocycles. The van der Waals surface area contributed by atoms with Crippen LogP contribution in [-0.2, 0) is 12.8 Å². The molecule has 0 spiro atoms. The molecule has 82 valence electrons. The maximum atomic E-state index is 8.91. The second-order valence-corrected chi connectivity index (χ2v) is 5.16. The van der Waals surface area contributed by atoms with Crippen molar-refractivity contribution in [2.24, 2.45) is 5.41 Å². The minimum Gasteiger partial charge on any atom is -0.396 e. The molecule has 2 nitrogen and oxygen atoms in total. The van der Waals surface area contributed by atoms with Crippen LogP contribution < -0.4 is 5.32 Å². The first-order valence-electron chi connectivity index (χ1n) is 5.57. The van der Waals surface area contributed by atoms with Crippen LogP contribution in [0.25, 0.3) is 0 Å². The predicted molar refractivity (Wildman–Crippen MR) is 63.2 cm³/mol. The maximum Gasteiger partial charge on any atom is 0.0471 e. The zero-order valence-electron chi connectivity index (χ0n) is 9.51. The summed E-state index contributed by atoms with van der Waals surface area (Å²) in [4.78, 5) is 0. The van der Waals surface area contributed by atoms with Crippen molar-refractivity contribution < 1.29 is 5.11 Å². The summed E-state index contributed by atoms with van der Waals surface area (Å²) in [5, 5.41) is 12.4. The first-order chi connectivity index (χ1) is 7.11. The van der Waals surface area contributed by atoms with E-state index in [9.17, 15) is 0 Å². The third-order valence-electron chi connectivity index (χ3n) is 3.00. The molecule has 0 saturated carbocycles. The number of fused-ring (bicyclic) bond motifs is 1. The maximum absolute atomic E-state index is 8.91. The van der Waals surface area contributed by atoms with E-state index in [2.05, 4.69) is 37.4 Å². The molecule has 2 N–H and O–H groups in total. The fraction of sp³-hybridized carbons (Fsp3) is 0.538. The van der Waals surface area contributed by atoms with Gasteiger partial charge in [-0.2, -0.15) is 0 Å². The van der Waals surface area contributed by atoms with Crippen LogP contribution in [0, 0.1) is 5.41 Å². The summed E-state index contributed by atoms with van der Waals surface area (Å²) in [5.74, 6) is 0. The summed E-state index contributed by atoms with van der Waals surface area (Å²) in [6.45, 7) is 5.83. The Kier molecular flexibility index (Phi) is 2.70. The highest BCUT2D eigenvalue weighted by Gasteiger charge is 2.24. The molecule has 0 radical (unpaired) electrons. The monoisotopic (exact) mass is 205 g/mol. The lowest BCUT2D eigenvalue weighted by atomic mass is 9.81. The minimum absolute atomic E-state index is 0.232. The van der Waals surface area contributed by atoms with Crippen molar-refractivity contribution in [2.75, 3.05) is 18.5 Å². The molecule has 1 aromatic carbocycles. The van der Waals surface area contributed by atoms with E-state index in [-0.39, 0.29) is 6.61 Å². The van der Waals surface area contributed by atoms with Gasteiger partial charge in [0.1, 0.15) is 0 Å². The van der Waals surface area contributed by atoms with E-state index in [0.29, 0.717) is 5.41 Å². The van der Waals surface area contributed by atoms with Gasteiger partial charge in [0, 0.05) is 18.8 Å². The highest BCUT2D eigenvalue weighted by Crippen LogP contribution is 2.32. The Balaban J connectivity index is 2.27. The normalized spacial score (nSPS) is 18.1. The van der Waals surface area contributed by atoms with Gasteiger partial charge in [0.15, 0.2) is 0 Å². The van der Waals surface area contributed by atoms with Crippen LogP contribution in [0.5, 0.6) is 0 Å². The number of nitrogens with one attached hydrogen (secondary N) is 1. The van der Waals surface area contributed by atoms with Gasteiger partial charge in [-0.05, 0) is 35.4 Å². The van der Waals surface area contributed by atoms with Gasteiger partial charge in [0.05, 0.1) is 0 Å². The average Bonchev–Trinajstić information content (AvgIpc) is 2.16. The lowest BCUT2D eigenvalue weighted by Crippen LogP contribution is -2.30. The van der Waals surface area contributed by atoms with Crippen LogP contribution in [0.4, 0.5) is 5.69 Å². The van der Waals surface area contributed by atoms with Crippen molar-refractivity contribution in [3.05, 3.63) is 29.3 Å². The Morgan fingerprint density at radius 1 is 1.40 bits per heavy atom. The minimum atomic E-state index is 0.232. The first kappa shape index (κ1) is 10.5. The van der Waals surface area contributed by atoms with E-state index in [0.717, 1.165) is 19.4 Å². The van der Waals surface area contributed by atoms with E-state index in [1.807, 2.05) is 0 Å². The molecule has 0 saturated heterocycles. The highest BCUT2D eigenvalue weighted by molar-refractivity contribution is 5.55. The summed E-state index contributed by atoms with van der Waals surface area (Å²) in [5.41, 5.74) is 4.22. The van der Waals surface area contributed by atoms with Crippen LogP contribution in [0.1, 0.15) is 25.0 Å². The largest absolute Gasteiger partial charge is 0.396 e. The van der Waals surface area contributed by atoms with E-state index in [4.69, 9.17) is 5.11 Å². The van der Waals surface area contributed by atoms with E-state index >= 15 is 0 Å². The van der Waals surface area contributed by atoms with E-state index in [1.165, 1.54) is 16.8 Å². The van der Waals surface area contributed by atoms with Crippen LogP contribution in [0.2, 0.25) is 0 Å². The summed E-state index contributed by atoms with van der Waals surface area (Å²) >= 11 is 0. The van der Waals surface area contributed by atoms with Gasteiger partial charge in [0.25, 0.3) is 0 Å². The molecule has 2 rings (SSSR count). The molecule has 0 fully saturated rings. The van der Waals surface area contributed by atoms with Crippen LogP contribution in [-0.4, -0.2) is 18.3 Å². The standard InChI is InChI=1S/C13H19NO/c1-13(2)8-11-7-10(5-6-15)3-4-12(11)14-9-13/h3-4,7,14-15H,5-6,8-9H2,1-2H3. The SMILES string of the molecule is CC1(C)CNc2ccc(CCO)cc2C1. The number of hydrogen-bond acceptors (Lipinski definition) is 2. The highest BCUT2D eigenvalue weighted by atomic mass is 16.2. The molecule has 15 heavy (non-hydrogen) atoms. The number of aliphatic hydroxyl groups excluding tert-OH is 1. The fourth-order valence-corrected chi connectivity index (χ4v) is 2.16. The number of anilines is 1. The van der Waals surface area contributed by atoms with Gasteiger partial charge in [-0.1, -0.05) is 26.0 Å². The Bertz CT molecular complexity index is 358. The molecular formula is C13H19NO. The zero-order chi connectivity index (χ0) is 10.9. The molecule has 1 aromatic rings. The lowest BCUT2D eigenvalue weighted by molar-refractivity contribution is 0.299. The summed E-state index contributed by atoms with van der Waals surface area (Å²) in [6.07, 6.45) is 1.88. The average molecular weight is 205 g/mol. The van der Waals surface area contributed by atoms with Crippen LogP contribution in [0.3, 0.4) is 0 Å². The van der Waals surface area contributed by atoms with Crippen molar-refractivity contribution in [3.63, 3.8) is 0 Å². The topological polar surface area (TPSA) is 32.3 Å². The molecule has 0 amide bonds. The Morgan fingerprint density at radius 2 is 2.20 bits per heavy atom. The van der Waals surface area contributed by atoms with Crippen LogP contribution in [0.15, 0.2) is 18.2 Å². The Hall–Kier alpha value is -1.02. The summed E-state index contributed by atoms with van der Waals surface area (Å²) < 4.78 is 0. The molecule has 0 aliphatic carbocycles. The second-order valence-electron chi connectivity index (χ2n) is 5.16. The molecule has 0 unspecified atom stereocenters. The summed E-state index contributed by atoms with van der Waals surface area (Å²) in [7, 11) is 0. The Morgan fingerprint density at radius 3 is 2.93 bits per heavy atom. The molecule has 0 aromatic heterocycles. The van der Waals surface area contributed by atoms with Gasteiger partial charge in [-0.3, -0.25) is 0 Å². The second kappa shape index (κ2) is 3.86. The number of aliphatic hydroxyl groups is 1. The number of rotatable bonds is 2. The van der Waals surface area contributed by atoms with E-state index < -0.39 is 0 Å². The van der Waals surface area contributed by atoms with Gasteiger partial charge in [-0.25, -0.2) is 0 Å². The first-order valence-corrected chi connectivity index (χ1v) is 5.57. The molecule has 1 heterocycles. The quantitative estimate of drug-likeness (QED) is 0.776. The lowest BCUT2D eigenvalue weighted by Gasteiger charge is -2.32. The van der Waals surface area contributed by atoms with Crippen LogP contribution >= 0.6 is 0 Å². The molecule has 2 heteroatoms. The molecule has 0 bridgehead atoms. The van der Waals surface area contributed by atoms with Gasteiger partial charge < -0.3 is 10.4 Å². The number of benzene rings is 1. The number of hydrogen-bond donors (Lipinski definition) is 2. The van der Waals surface area contributed by atoms with Crippen molar-refractivity contribution in [1.82, 2.24) is 0 Å². The fourth-order valence-electron chi connectivity index (χ4n) is 2.16. The van der Waals surface area contributed by atoms with E-state index in [1.54, 1.807) is 0 Å². The van der Waals surface area contributed by atoms with Crippen molar-refractivity contribution in [1.29, 1.82) is 0 Å². The van der Waals surface area contributed by atoms with Gasteiger partial charge >= 0.3 is 0 Å². The Labute approximate surface area is 91.3 Å². The van der Waals surface area contributed by atoms with Gasteiger partial charge in [-0.15, -0.1) is 0 Å². The third-order valence-corrected chi connectivity index (χ3v) is 3.00. The third kappa shape index (κ3) is 2.32. The molecular weight excluding hydrogens is 186 g/mol.